The number of nitriles is 2. The van der Waals surface area contributed by atoms with Crippen LogP contribution in [0.4, 0.5) is 0 Å². The average Bonchev–Trinajstić information content (AvgIpc) is 4.00. The van der Waals surface area contributed by atoms with E-state index in [0.29, 0.717) is 60.2 Å². The van der Waals surface area contributed by atoms with Crippen molar-refractivity contribution in [3.05, 3.63) is 144 Å². The van der Waals surface area contributed by atoms with E-state index in [4.69, 9.17) is 36.3 Å². The van der Waals surface area contributed by atoms with Crippen molar-refractivity contribution in [2.24, 2.45) is 11.5 Å². The highest BCUT2D eigenvalue weighted by Crippen LogP contribution is 2.32. The number of hydrogen-bond acceptors (Lipinski definition) is 12. The van der Waals surface area contributed by atoms with Gasteiger partial charge in [-0.05, 0) is 113 Å². The van der Waals surface area contributed by atoms with E-state index in [-0.39, 0.29) is 35.9 Å². The molecule has 5 N–H and O–H groups in total. The van der Waals surface area contributed by atoms with Crippen LogP contribution in [0.2, 0.25) is 0 Å². The Kier molecular flexibility index (Phi) is 18.5. The van der Waals surface area contributed by atoms with Gasteiger partial charge in [0.05, 0.1) is 29.3 Å². The van der Waals surface area contributed by atoms with E-state index < -0.39 is 11.8 Å². The third-order valence-corrected chi connectivity index (χ3v) is 11.4. The van der Waals surface area contributed by atoms with Crippen molar-refractivity contribution >= 4 is 29.9 Å². The van der Waals surface area contributed by atoms with Crippen LogP contribution in [0.3, 0.4) is 0 Å². The van der Waals surface area contributed by atoms with E-state index in [2.05, 4.69) is 15.5 Å². The first-order chi connectivity index (χ1) is 34.5. The summed E-state index contributed by atoms with van der Waals surface area (Å²) >= 11 is 0. The molecule has 3 aliphatic rings. The molecule has 71 heavy (non-hydrogen) atoms. The molecule has 18 nitrogen and oxygen atoms in total. The molecule has 0 saturated carbocycles. The van der Waals surface area contributed by atoms with Crippen LogP contribution < -0.4 is 26.3 Å². The van der Waals surface area contributed by atoms with Gasteiger partial charge in [0, 0.05) is 49.7 Å². The molecule has 4 aromatic carbocycles. The van der Waals surface area contributed by atoms with Crippen molar-refractivity contribution in [3.8, 4) is 57.7 Å². The van der Waals surface area contributed by atoms with Crippen LogP contribution in [0, 0.1) is 22.7 Å². The molecule has 5 heterocycles. The monoisotopic (exact) mass is 957 g/mol. The van der Waals surface area contributed by atoms with Gasteiger partial charge in [-0.25, -0.2) is 0 Å². The molecule has 2 aromatic heterocycles. The van der Waals surface area contributed by atoms with Crippen molar-refractivity contribution in [2.75, 3.05) is 39.3 Å². The normalized spacial score (nSPS) is 14.1. The fourth-order valence-corrected chi connectivity index (χ4v) is 7.56. The van der Waals surface area contributed by atoms with Crippen LogP contribution in [-0.2, 0) is 14.4 Å². The first-order valence-electron chi connectivity index (χ1n) is 23.0. The number of primary amides is 2. The van der Waals surface area contributed by atoms with Gasteiger partial charge in [-0.1, -0.05) is 48.9 Å². The van der Waals surface area contributed by atoms with E-state index in [1.165, 1.54) is 45.4 Å². The Labute approximate surface area is 411 Å². The second kappa shape index (κ2) is 25.5. The highest BCUT2D eigenvalue weighted by Gasteiger charge is 2.35. The molecule has 3 fully saturated rings. The summed E-state index contributed by atoms with van der Waals surface area (Å²) in [5.74, 6) is 1.12. The minimum atomic E-state index is -0.580. The number of aromatic nitrogens is 4. The summed E-state index contributed by atoms with van der Waals surface area (Å²) < 4.78 is 14.9. The van der Waals surface area contributed by atoms with Gasteiger partial charge in [-0.3, -0.25) is 28.5 Å². The van der Waals surface area contributed by atoms with Crippen molar-refractivity contribution in [1.82, 2.24) is 34.7 Å². The highest BCUT2D eigenvalue weighted by atomic mass is 16.5. The molecule has 0 aliphatic carbocycles. The second-order valence-corrected chi connectivity index (χ2v) is 16.4. The zero-order valence-electron chi connectivity index (χ0n) is 39.5. The number of rotatable bonds is 12. The van der Waals surface area contributed by atoms with Crippen molar-refractivity contribution in [3.63, 3.8) is 0 Å². The van der Waals surface area contributed by atoms with Gasteiger partial charge in [0.1, 0.15) is 58.7 Å². The van der Waals surface area contributed by atoms with Crippen LogP contribution in [0.15, 0.2) is 133 Å². The van der Waals surface area contributed by atoms with E-state index in [1.54, 1.807) is 62.7 Å². The number of carbonyl (C=O) groups excluding carboxylic acids is 5. The zero-order valence-corrected chi connectivity index (χ0v) is 39.5. The molecule has 3 aliphatic heterocycles. The number of likely N-dealkylation sites (tertiary alicyclic amines) is 2. The highest BCUT2D eigenvalue weighted by molar-refractivity contribution is 6.00. The number of aldehydes is 1. The summed E-state index contributed by atoms with van der Waals surface area (Å²) in [5.41, 5.74) is 14.3. The molecule has 6 aromatic rings. The number of nitrogens with zero attached hydrogens (tertiary/aromatic N) is 8. The lowest BCUT2D eigenvalue weighted by Crippen LogP contribution is -2.51. The standard InChI is InChI=1S/C24H21N5O3.C22H19N5O3.C5H11N.C2H4O/c1-2-16(12-25)24(31)28-13-18(14-28)29-15-21(23(26)30)22(27-29)17-8-10-20(11-9-17)32-19-6-4-3-5-7-19;23-11-10-20(28)26-12-16(13-26)27-14-19(22(24)29)21(25-27)15-6-8-18(9-7-15)30-17-4-2-1-3-5-17;1-2-4-6-5-3-1;1-2-3/h2-11,15,18H,13-14H2,1H3,(H2,26,30);1-9,14,16H,10,12-13H2,(H2,24,29);6H,1-5H2;2H,1H3/b16-2+;;;. The molecule has 0 radical (unpaired) electrons. The maximum atomic E-state index is 12.2. The lowest BCUT2D eigenvalue weighted by atomic mass is 10.1. The number of hydrogen-bond donors (Lipinski definition) is 3. The maximum absolute atomic E-state index is 12.2. The molecule has 364 valence electrons. The number of piperidine rings is 1. The number of amides is 4. The quantitative estimate of drug-likeness (QED) is 0.0637. The third-order valence-electron chi connectivity index (χ3n) is 11.4. The minimum Gasteiger partial charge on any atom is -0.457 e. The SMILES string of the molecule is C/C=C(\C#N)C(=O)N1CC(n2cc(C(N)=O)c(-c3ccc(Oc4ccccc4)cc3)n2)C1.C1CCNCC1.CC=O.N#CCC(=O)N1CC(n2cc(C(N)=O)c(-c3ccc(Oc4ccccc4)cc3)n2)C1. The number of para-hydroxylation sites is 2. The minimum absolute atomic E-state index is 0.0554. The number of nitrogens with one attached hydrogen (secondary N) is 1. The van der Waals surface area contributed by atoms with Crippen LogP contribution >= 0.6 is 0 Å². The summed E-state index contributed by atoms with van der Waals surface area (Å²) in [6.45, 7) is 7.30. The topological polar surface area (TPSA) is 258 Å². The van der Waals surface area contributed by atoms with Crippen LogP contribution in [0.1, 0.15) is 72.3 Å². The molecule has 0 unspecified atom stereocenters. The summed E-state index contributed by atoms with van der Waals surface area (Å²) in [7, 11) is 0. The number of nitrogens with two attached hydrogens (primary N) is 2. The smallest absolute Gasteiger partial charge is 0.264 e. The predicted octanol–water partition coefficient (Wildman–Crippen LogP) is 7.00. The summed E-state index contributed by atoms with van der Waals surface area (Å²) in [4.78, 5) is 59.9. The first-order valence-corrected chi connectivity index (χ1v) is 23.0. The van der Waals surface area contributed by atoms with E-state index >= 15 is 0 Å². The van der Waals surface area contributed by atoms with Gasteiger partial charge in [0.2, 0.25) is 5.91 Å². The molecule has 4 amide bonds. The van der Waals surface area contributed by atoms with E-state index in [1.807, 2.05) is 97.1 Å². The molecular formula is C53H55N11O7. The summed E-state index contributed by atoms with van der Waals surface area (Å²) in [6, 6.07) is 37.0. The van der Waals surface area contributed by atoms with Crippen LogP contribution in [0.25, 0.3) is 22.5 Å². The lowest BCUT2D eigenvalue weighted by Gasteiger charge is -2.39. The number of carbonyl (C=O) groups is 5. The molecule has 18 heteroatoms. The lowest BCUT2D eigenvalue weighted by molar-refractivity contribution is -0.136. The maximum Gasteiger partial charge on any atom is 0.264 e. The fraction of sp³-hybridized carbons (Fsp3) is 0.264. The van der Waals surface area contributed by atoms with Crippen molar-refractivity contribution < 1.29 is 33.4 Å². The molecule has 3 saturated heterocycles. The molecule has 0 bridgehead atoms. The third kappa shape index (κ3) is 13.9. The second-order valence-electron chi connectivity index (χ2n) is 16.4. The average molecular weight is 958 g/mol. The van der Waals surface area contributed by atoms with Crippen molar-refractivity contribution in [1.29, 1.82) is 10.5 Å². The molecule has 0 atom stereocenters. The molecule has 9 rings (SSSR count). The Hall–Kier alpha value is -8.87. The van der Waals surface area contributed by atoms with E-state index in [0.717, 1.165) is 28.9 Å². The van der Waals surface area contributed by atoms with Gasteiger partial charge in [0.25, 0.3) is 17.7 Å². The van der Waals surface area contributed by atoms with Crippen LogP contribution in [0.5, 0.6) is 23.0 Å². The Balaban J connectivity index is 0.000000198. The Bertz CT molecular complexity index is 2860. The van der Waals surface area contributed by atoms with Gasteiger partial charge < -0.3 is 40.9 Å². The molecular weight excluding hydrogens is 903 g/mol. The van der Waals surface area contributed by atoms with Gasteiger partial charge in [0.15, 0.2) is 0 Å². The zero-order chi connectivity index (χ0) is 50.7. The van der Waals surface area contributed by atoms with Gasteiger partial charge in [-0.15, -0.1) is 0 Å². The number of benzene rings is 4. The predicted molar refractivity (Wildman–Crippen MR) is 265 cm³/mol. The Morgan fingerprint density at radius 1 is 0.648 bits per heavy atom. The van der Waals surface area contributed by atoms with Gasteiger partial charge >= 0.3 is 0 Å². The van der Waals surface area contributed by atoms with E-state index in [9.17, 15) is 19.2 Å². The first kappa shape index (κ1) is 51.5. The van der Waals surface area contributed by atoms with Gasteiger partial charge in [-0.2, -0.15) is 20.7 Å². The fourth-order valence-electron chi connectivity index (χ4n) is 7.56. The number of allylic oxidation sites excluding steroid dienone is 1. The summed E-state index contributed by atoms with van der Waals surface area (Å²) in [6.07, 6.45) is 9.55. The largest absolute Gasteiger partial charge is 0.457 e. The Morgan fingerprint density at radius 2 is 1.06 bits per heavy atom. The molecule has 0 spiro atoms. The summed E-state index contributed by atoms with van der Waals surface area (Å²) in [5, 5.41) is 30.1. The number of ether oxygens (including phenoxy) is 2. The van der Waals surface area contributed by atoms with Crippen molar-refractivity contribution in [2.45, 2.75) is 51.6 Å². The van der Waals surface area contributed by atoms with Crippen LogP contribution in [-0.4, -0.2) is 98.5 Å². The Morgan fingerprint density at radius 3 is 1.39 bits per heavy atom.